The molecule has 6 saturated heterocycles. The number of carbonyl (C=O) groups is 2. The molecule has 0 radical (unpaired) electrons. The zero-order chi connectivity index (χ0) is 33.1. The summed E-state index contributed by atoms with van der Waals surface area (Å²) >= 11 is 2.76. The SMILES string of the molecule is O=C(O[C@H]1CN2CCC1CC2)C(O)(c1ccccc1)c1ccccc1.O=C(O[C@H]1CN2CCC1CC2)C(O)(c1cccs1)c1cccs1. The smallest absolute Gasteiger partial charge is 0.349 e. The first kappa shape index (κ1) is 33.1. The van der Waals surface area contributed by atoms with Crippen LogP contribution in [-0.2, 0) is 30.3 Å². The molecule has 0 spiro atoms. The Labute approximate surface area is 289 Å². The molecule has 2 aromatic heterocycles. The summed E-state index contributed by atoms with van der Waals surface area (Å²) in [5.74, 6) is -0.283. The van der Waals surface area contributed by atoms with Gasteiger partial charge < -0.3 is 19.7 Å². The number of hydrogen-bond acceptors (Lipinski definition) is 10. The molecule has 252 valence electrons. The summed E-state index contributed by atoms with van der Waals surface area (Å²) in [4.78, 5) is 32.0. The van der Waals surface area contributed by atoms with Gasteiger partial charge in [-0.2, -0.15) is 0 Å². The quantitative estimate of drug-likeness (QED) is 0.243. The predicted molar refractivity (Wildman–Crippen MR) is 186 cm³/mol. The molecule has 0 saturated carbocycles. The summed E-state index contributed by atoms with van der Waals surface area (Å²) in [6.45, 7) is 5.93. The largest absolute Gasteiger partial charge is 0.458 e. The maximum atomic E-state index is 13.1. The van der Waals surface area contributed by atoms with Gasteiger partial charge in [-0.1, -0.05) is 72.8 Å². The second kappa shape index (κ2) is 14.2. The lowest BCUT2D eigenvalue weighted by Gasteiger charge is -2.44. The Balaban J connectivity index is 0.000000152. The van der Waals surface area contributed by atoms with Crippen LogP contribution in [0.3, 0.4) is 0 Å². The van der Waals surface area contributed by atoms with Crippen molar-refractivity contribution >= 4 is 34.6 Å². The number of esters is 2. The first-order valence-electron chi connectivity index (χ1n) is 16.9. The minimum absolute atomic E-state index is 0.101. The van der Waals surface area contributed by atoms with Crippen molar-refractivity contribution < 1.29 is 29.3 Å². The van der Waals surface area contributed by atoms with Crippen molar-refractivity contribution in [1.29, 1.82) is 0 Å². The molecule has 2 aromatic carbocycles. The third kappa shape index (κ3) is 6.49. The van der Waals surface area contributed by atoms with E-state index in [0.717, 1.165) is 65.0 Å². The lowest BCUT2D eigenvalue weighted by atomic mass is 9.84. The van der Waals surface area contributed by atoms with Crippen LogP contribution in [0.25, 0.3) is 0 Å². The molecule has 48 heavy (non-hydrogen) atoms. The number of thiophene rings is 2. The number of benzene rings is 2. The summed E-state index contributed by atoms with van der Waals surface area (Å²) in [5.41, 5.74) is -2.40. The van der Waals surface area contributed by atoms with E-state index >= 15 is 0 Å². The molecule has 2 atom stereocenters. The highest BCUT2D eigenvalue weighted by Crippen LogP contribution is 2.39. The van der Waals surface area contributed by atoms with Gasteiger partial charge in [-0.3, -0.25) is 9.80 Å². The Kier molecular flexibility index (Phi) is 9.82. The molecule has 4 aromatic rings. The minimum atomic E-state index is -1.78. The molecule has 10 heteroatoms. The van der Waals surface area contributed by atoms with Crippen LogP contribution in [-0.4, -0.2) is 83.4 Å². The first-order valence-corrected chi connectivity index (χ1v) is 18.6. The standard InChI is InChI=1S/C21H23NO3.C17H19NO3S2/c23-20(25-19-15-22-13-11-16(19)12-14-22)21(24,17-7-3-1-4-8-17)18-9-5-2-6-10-18;19-16(21-13-11-18-7-5-12(13)6-8-18)17(20,14-3-1-9-22-14)15-4-2-10-23-15/h1-10,16,19,24H,11-15H2;1-4,9-10,12-13,20H,5-8,11H2/t19-;13-/m00/s1. The number of carbonyl (C=O) groups excluding carboxylic acids is 2. The minimum Gasteiger partial charge on any atom is -0.458 e. The van der Waals surface area contributed by atoms with Gasteiger partial charge in [-0.25, -0.2) is 9.59 Å². The fourth-order valence-corrected chi connectivity index (χ4v) is 9.30. The van der Waals surface area contributed by atoms with E-state index in [2.05, 4.69) is 9.80 Å². The van der Waals surface area contributed by atoms with Gasteiger partial charge in [0.1, 0.15) is 12.2 Å². The van der Waals surface area contributed by atoms with Gasteiger partial charge in [-0.05, 0) is 97.7 Å². The number of ether oxygens (including phenoxy) is 2. The van der Waals surface area contributed by atoms with E-state index in [1.165, 1.54) is 22.7 Å². The summed E-state index contributed by atoms with van der Waals surface area (Å²) in [6.07, 6.45) is 4.05. The van der Waals surface area contributed by atoms with Crippen molar-refractivity contribution in [2.45, 2.75) is 49.1 Å². The molecule has 6 aliphatic rings. The average Bonchev–Trinajstić information content (AvgIpc) is 3.90. The van der Waals surface area contributed by atoms with Crippen LogP contribution in [0.5, 0.6) is 0 Å². The third-order valence-corrected chi connectivity index (χ3v) is 12.4. The fraction of sp³-hybridized carbons (Fsp3) is 0.421. The summed E-state index contributed by atoms with van der Waals surface area (Å²) in [6, 6.07) is 25.4. The van der Waals surface area contributed by atoms with Gasteiger partial charge in [0.05, 0.1) is 9.75 Å². The molecular weight excluding hydrogens is 645 g/mol. The van der Waals surface area contributed by atoms with Crippen LogP contribution in [0.2, 0.25) is 0 Å². The van der Waals surface area contributed by atoms with Crippen molar-refractivity contribution in [1.82, 2.24) is 9.80 Å². The molecule has 6 aliphatic heterocycles. The lowest BCUT2D eigenvalue weighted by Crippen LogP contribution is -2.53. The number of rotatable bonds is 8. The van der Waals surface area contributed by atoms with Crippen molar-refractivity contribution in [2.75, 3.05) is 39.3 Å². The molecule has 0 aliphatic carbocycles. The maximum Gasteiger partial charge on any atom is 0.349 e. The van der Waals surface area contributed by atoms with Crippen LogP contribution < -0.4 is 0 Å². The predicted octanol–water partition coefficient (Wildman–Crippen LogP) is 5.24. The van der Waals surface area contributed by atoms with E-state index in [-0.39, 0.29) is 12.2 Å². The van der Waals surface area contributed by atoms with Crippen molar-refractivity contribution in [3.63, 3.8) is 0 Å². The molecule has 0 amide bonds. The molecule has 0 unspecified atom stereocenters. The fourth-order valence-electron chi connectivity index (χ4n) is 7.59. The third-order valence-electron chi connectivity index (χ3n) is 10.4. The number of hydrogen-bond donors (Lipinski definition) is 2. The lowest BCUT2D eigenvalue weighted by molar-refractivity contribution is -0.177. The highest BCUT2D eigenvalue weighted by molar-refractivity contribution is 7.12. The molecule has 6 fully saturated rings. The normalized spacial score (nSPS) is 26.3. The van der Waals surface area contributed by atoms with Crippen molar-refractivity contribution in [2.24, 2.45) is 11.8 Å². The molecule has 8 nitrogen and oxygen atoms in total. The van der Waals surface area contributed by atoms with E-state index in [9.17, 15) is 19.8 Å². The Morgan fingerprint density at radius 3 is 1.31 bits per heavy atom. The number of nitrogens with zero attached hydrogens (tertiary/aromatic N) is 2. The zero-order valence-corrected chi connectivity index (χ0v) is 28.5. The summed E-state index contributed by atoms with van der Waals surface area (Å²) in [7, 11) is 0. The van der Waals surface area contributed by atoms with E-state index in [4.69, 9.17) is 9.47 Å². The van der Waals surface area contributed by atoms with Crippen LogP contribution in [0.15, 0.2) is 95.7 Å². The van der Waals surface area contributed by atoms with Gasteiger partial charge in [-0.15, -0.1) is 22.7 Å². The highest BCUT2D eigenvalue weighted by atomic mass is 32.1. The average molecular weight is 687 g/mol. The zero-order valence-electron chi connectivity index (χ0n) is 26.9. The number of piperidine rings is 6. The highest BCUT2D eigenvalue weighted by Gasteiger charge is 2.47. The first-order chi connectivity index (χ1) is 23.4. The van der Waals surface area contributed by atoms with Crippen LogP contribution in [0.4, 0.5) is 0 Å². The second-order valence-corrected chi connectivity index (χ2v) is 15.2. The van der Waals surface area contributed by atoms with Gasteiger partial charge in [0.15, 0.2) is 0 Å². The van der Waals surface area contributed by atoms with Crippen molar-refractivity contribution in [3.05, 3.63) is 117 Å². The second-order valence-electron chi connectivity index (χ2n) is 13.3. The van der Waals surface area contributed by atoms with E-state index in [1.54, 1.807) is 36.4 Å². The van der Waals surface area contributed by atoms with E-state index in [1.807, 2.05) is 59.3 Å². The Bertz CT molecular complexity index is 1560. The van der Waals surface area contributed by atoms with E-state index < -0.39 is 23.1 Å². The van der Waals surface area contributed by atoms with Gasteiger partial charge in [0.25, 0.3) is 0 Å². The van der Waals surface area contributed by atoms with E-state index in [0.29, 0.717) is 32.7 Å². The topological polar surface area (TPSA) is 99.5 Å². The monoisotopic (exact) mass is 686 g/mol. The number of fused-ring (bicyclic) bond motifs is 6. The van der Waals surface area contributed by atoms with Gasteiger partial charge in [0.2, 0.25) is 11.2 Å². The van der Waals surface area contributed by atoms with Gasteiger partial charge >= 0.3 is 11.9 Å². The van der Waals surface area contributed by atoms with Crippen LogP contribution in [0.1, 0.15) is 46.6 Å². The van der Waals surface area contributed by atoms with Gasteiger partial charge in [0, 0.05) is 13.1 Å². The summed E-state index contributed by atoms with van der Waals surface area (Å²) in [5, 5.41) is 26.4. The van der Waals surface area contributed by atoms with Crippen LogP contribution in [0, 0.1) is 11.8 Å². The molecular formula is C38H42N2O6S2. The van der Waals surface area contributed by atoms with Crippen molar-refractivity contribution in [3.8, 4) is 0 Å². The Hall–Kier alpha value is -3.38. The number of aliphatic hydroxyl groups is 2. The molecule has 2 N–H and O–H groups in total. The maximum absolute atomic E-state index is 13.1. The van der Waals surface area contributed by atoms with Crippen LogP contribution >= 0.6 is 22.7 Å². The molecule has 8 heterocycles. The summed E-state index contributed by atoms with van der Waals surface area (Å²) < 4.78 is 11.7. The molecule has 4 bridgehead atoms. The molecule has 10 rings (SSSR count). The Morgan fingerprint density at radius 2 is 0.979 bits per heavy atom. The Morgan fingerprint density at radius 1 is 0.583 bits per heavy atom.